The fraction of sp³-hybridized carbons (Fsp3) is 0.500. The van der Waals surface area contributed by atoms with Crippen LogP contribution in [0.5, 0.6) is 0 Å². The molecule has 70 valence electrons. The Labute approximate surface area is 90.4 Å². The molecular formula is C6H6Cl4O2. The average Bonchev–Trinajstić information content (AvgIpc) is 2.00. The van der Waals surface area contributed by atoms with E-state index in [1.54, 1.807) is 0 Å². The lowest BCUT2D eigenvalue weighted by atomic mass is 10.5. The minimum atomic E-state index is -1.48. The van der Waals surface area contributed by atoms with Crippen molar-refractivity contribution in [3.8, 4) is 0 Å². The lowest BCUT2D eigenvalue weighted by Gasteiger charge is -2.19. The van der Waals surface area contributed by atoms with Crippen molar-refractivity contribution in [2.24, 2.45) is 0 Å². The molecule has 0 saturated carbocycles. The van der Waals surface area contributed by atoms with Crippen LogP contribution >= 0.6 is 46.4 Å². The molecule has 0 fully saturated rings. The summed E-state index contributed by atoms with van der Waals surface area (Å²) in [6, 6.07) is 0. The Hall–Kier alpha value is 0.370. The monoisotopic (exact) mass is 250 g/mol. The molecule has 0 bridgehead atoms. The van der Waals surface area contributed by atoms with Crippen LogP contribution in [0, 0.1) is 0 Å². The number of ether oxygens (including phenoxy) is 1. The first-order valence-electron chi connectivity index (χ1n) is 2.85. The molecule has 0 aromatic carbocycles. The first kappa shape index (κ1) is 12.4. The summed E-state index contributed by atoms with van der Waals surface area (Å²) in [5.41, 5.74) is 0. The Morgan fingerprint density at radius 3 is 2.42 bits per heavy atom. The van der Waals surface area contributed by atoms with Crippen molar-refractivity contribution < 1.29 is 9.53 Å². The minimum absolute atomic E-state index is 0.279. The Morgan fingerprint density at radius 2 is 2.08 bits per heavy atom. The van der Waals surface area contributed by atoms with Crippen LogP contribution in [0.25, 0.3) is 0 Å². The number of hydrogen-bond acceptors (Lipinski definition) is 2. The molecule has 0 aliphatic carbocycles. The molecule has 12 heavy (non-hydrogen) atoms. The summed E-state index contributed by atoms with van der Waals surface area (Å²) in [6.45, 7) is 2.90. The second kappa shape index (κ2) is 5.18. The number of hydrogen-bond donors (Lipinski definition) is 0. The van der Waals surface area contributed by atoms with Gasteiger partial charge in [0.05, 0.1) is 0 Å². The second-order valence-corrected chi connectivity index (χ2v) is 4.51. The van der Waals surface area contributed by atoms with Crippen molar-refractivity contribution in [1.29, 1.82) is 0 Å². The van der Waals surface area contributed by atoms with Crippen molar-refractivity contribution in [2.75, 3.05) is 6.61 Å². The molecule has 0 heterocycles. The lowest BCUT2D eigenvalue weighted by Crippen LogP contribution is -2.29. The van der Waals surface area contributed by atoms with Crippen LogP contribution in [-0.2, 0) is 9.53 Å². The smallest absolute Gasteiger partial charge is 0.330 e. The fourth-order valence-electron chi connectivity index (χ4n) is 0.289. The van der Waals surface area contributed by atoms with E-state index in [4.69, 9.17) is 46.4 Å². The summed E-state index contributed by atoms with van der Waals surface area (Å²) in [7, 11) is 0. The van der Waals surface area contributed by atoms with Crippen molar-refractivity contribution in [3.05, 3.63) is 12.7 Å². The van der Waals surface area contributed by atoms with E-state index in [9.17, 15) is 4.79 Å². The molecule has 0 aliphatic rings. The topological polar surface area (TPSA) is 26.3 Å². The van der Waals surface area contributed by atoms with E-state index in [2.05, 4.69) is 11.3 Å². The van der Waals surface area contributed by atoms with Gasteiger partial charge in [0, 0.05) is 6.08 Å². The molecule has 0 aromatic heterocycles. The highest BCUT2D eigenvalue weighted by Crippen LogP contribution is 2.32. The van der Waals surface area contributed by atoms with Crippen LogP contribution in [0.15, 0.2) is 12.7 Å². The second-order valence-electron chi connectivity index (χ2n) is 1.87. The molecule has 6 heteroatoms. The lowest BCUT2D eigenvalue weighted by molar-refractivity contribution is -0.137. The highest BCUT2D eigenvalue weighted by molar-refractivity contribution is 6.59. The Kier molecular flexibility index (Phi) is 5.34. The van der Waals surface area contributed by atoms with Crippen LogP contribution in [0.4, 0.5) is 0 Å². The number of alkyl halides is 4. The third-order valence-corrected chi connectivity index (χ3v) is 2.74. The number of halogens is 4. The first-order chi connectivity index (χ1) is 5.40. The molecule has 0 radical (unpaired) electrons. The van der Waals surface area contributed by atoms with Gasteiger partial charge in [0.1, 0.15) is 11.4 Å². The summed E-state index contributed by atoms with van der Waals surface area (Å²) in [6.07, 6.45) is 0.987. The average molecular weight is 252 g/mol. The van der Waals surface area contributed by atoms with Gasteiger partial charge < -0.3 is 4.74 Å². The van der Waals surface area contributed by atoms with Crippen LogP contribution in [-0.4, -0.2) is 21.7 Å². The Morgan fingerprint density at radius 1 is 1.58 bits per heavy atom. The van der Waals surface area contributed by atoms with Crippen LogP contribution in [0.3, 0.4) is 0 Å². The van der Waals surface area contributed by atoms with E-state index >= 15 is 0 Å². The van der Waals surface area contributed by atoms with E-state index in [0.29, 0.717) is 0 Å². The number of carbonyl (C=O) groups excluding carboxylic acids is 1. The minimum Gasteiger partial charge on any atom is -0.459 e. The molecule has 0 saturated heterocycles. The highest BCUT2D eigenvalue weighted by atomic mass is 35.5. The molecule has 0 aromatic rings. The predicted octanol–water partition coefficient (Wildman–Crippen LogP) is 2.69. The zero-order valence-electron chi connectivity index (χ0n) is 5.90. The van der Waals surface area contributed by atoms with Gasteiger partial charge in [0.15, 0.2) is 4.33 Å². The van der Waals surface area contributed by atoms with Crippen LogP contribution < -0.4 is 0 Å². The van der Waals surface area contributed by atoms with Gasteiger partial charge in [-0.15, -0.1) is 23.2 Å². The predicted molar refractivity (Wildman–Crippen MR) is 51.1 cm³/mol. The summed E-state index contributed by atoms with van der Waals surface area (Å²) < 4.78 is 3.04. The Bertz CT molecular complexity index is 178. The van der Waals surface area contributed by atoms with Crippen LogP contribution in [0.1, 0.15) is 0 Å². The maximum Gasteiger partial charge on any atom is 0.330 e. The van der Waals surface area contributed by atoms with Gasteiger partial charge in [-0.1, -0.05) is 29.8 Å². The van der Waals surface area contributed by atoms with Gasteiger partial charge in [0.2, 0.25) is 0 Å². The van der Waals surface area contributed by atoms with E-state index in [-0.39, 0.29) is 6.61 Å². The number of esters is 1. The third-order valence-electron chi connectivity index (χ3n) is 0.893. The van der Waals surface area contributed by atoms with Gasteiger partial charge in [-0.2, -0.15) is 0 Å². The van der Waals surface area contributed by atoms with E-state index < -0.39 is 15.1 Å². The number of rotatable bonds is 4. The zero-order valence-corrected chi connectivity index (χ0v) is 8.92. The van der Waals surface area contributed by atoms with Crippen molar-refractivity contribution in [1.82, 2.24) is 0 Å². The molecule has 0 N–H and O–H groups in total. The molecule has 0 rings (SSSR count). The van der Waals surface area contributed by atoms with Crippen LogP contribution in [0.2, 0.25) is 0 Å². The van der Waals surface area contributed by atoms with E-state index in [1.807, 2.05) is 0 Å². The normalized spacial score (nSPS) is 11.4. The summed E-state index contributed by atoms with van der Waals surface area (Å²) in [5.74, 6) is -0.630. The summed E-state index contributed by atoms with van der Waals surface area (Å²) in [4.78, 5) is 9.51. The van der Waals surface area contributed by atoms with Crippen molar-refractivity contribution in [2.45, 2.75) is 9.17 Å². The maximum absolute atomic E-state index is 10.5. The molecule has 0 spiro atoms. The Balaban J connectivity index is 3.91. The zero-order chi connectivity index (χ0) is 9.78. The maximum atomic E-state index is 10.5. The molecular weight excluding hydrogens is 246 g/mol. The first-order valence-corrected chi connectivity index (χ1v) is 4.48. The highest BCUT2D eigenvalue weighted by Gasteiger charge is 2.33. The molecule has 0 amide bonds. The quantitative estimate of drug-likeness (QED) is 0.436. The molecule has 0 atom stereocenters. The standard InChI is InChI=1S/C6H6Cl4O2/c1-2-4(11)12-3-6(9,10)5(7)8/h2,5H,1,3H2. The fourth-order valence-corrected chi connectivity index (χ4v) is 0.524. The SMILES string of the molecule is C=CC(=O)OCC(Cl)(Cl)C(Cl)Cl. The van der Waals surface area contributed by atoms with E-state index in [0.717, 1.165) is 6.08 Å². The van der Waals surface area contributed by atoms with Gasteiger partial charge in [-0.3, -0.25) is 0 Å². The van der Waals surface area contributed by atoms with Crippen molar-refractivity contribution in [3.63, 3.8) is 0 Å². The summed E-state index contributed by atoms with van der Waals surface area (Å²) in [5, 5.41) is 0. The van der Waals surface area contributed by atoms with Crippen molar-refractivity contribution >= 4 is 52.4 Å². The van der Waals surface area contributed by atoms with Gasteiger partial charge in [0.25, 0.3) is 0 Å². The van der Waals surface area contributed by atoms with Gasteiger partial charge in [-0.05, 0) is 0 Å². The third kappa shape index (κ3) is 4.41. The largest absolute Gasteiger partial charge is 0.459 e. The van der Waals surface area contributed by atoms with Gasteiger partial charge in [-0.25, -0.2) is 4.79 Å². The molecule has 0 aliphatic heterocycles. The van der Waals surface area contributed by atoms with Gasteiger partial charge >= 0.3 is 5.97 Å². The molecule has 0 unspecified atom stereocenters. The molecule has 2 nitrogen and oxygen atoms in total. The number of carbonyl (C=O) groups is 1. The summed E-state index contributed by atoms with van der Waals surface area (Å²) >= 11 is 21.9. The van der Waals surface area contributed by atoms with E-state index in [1.165, 1.54) is 0 Å².